The lowest BCUT2D eigenvalue weighted by molar-refractivity contribution is 0.307. The Labute approximate surface area is 118 Å². The van der Waals surface area contributed by atoms with Gasteiger partial charge in [0.15, 0.2) is 11.5 Å². The third kappa shape index (κ3) is 1.83. The smallest absolute Gasteiger partial charge is 0.227 e. The van der Waals surface area contributed by atoms with Gasteiger partial charge in [0.05, 0.1) is 25.2 Å². The van der Waals surface area contributed by atoms with Gasteiger partial charge in [-0.2, -0.15) is 5.10 Å². The largest absolute Gasteiger partial charge is 0.480 e. The number of hydrogen-bond donors (Lipinski definition) is 1. The van der Waals surface area contributed by atoms with Gasteiger partial charge < -0.3 is 4.74 Å². The zero-order chi connectivity index (χ0) is 14.4. The van der Waals surface area contributed by atoms with Gasteiger partial charge in [0.2, 0.25) is 5.88 Å². The third-order valence-electron chi connectivity index (χ3n) is 3.53. The van der Waals surface area contributed by atoms with E-state index < -0.39 is 5.67 Å². The average molecular weight is 286 g/mol. The number of aromatic nitrogens is 6. The highest BCUT2D eigenvalue weighted by Crippen LogP contribution is 2.52. The topological polar surface area (TPSA) is 89.5 Å². The second-order valence-corrected chi connectivity index (χ2v) is 4.93. The van der Waals surface area contributed by atoms with Crippen LogP contribution < -0.4 is 4.74 Å². The molecule has 1 saturated carbocycles. The van der Waals surface area contributed by atoms with E-state index in [2.05, 4.69) is 30.1 Å². The molecule has 106 valence electrons. The van der Waals surface area contributed by atoms with Crippen molar-refractivity contribution < 1.29 is 9.13 Å². The Morgan fingerprint density at radius 1 is 1.24 bits per heavy atom. The number of methoxy groups -OCH3 is 1. The SMILES string of the molecule is COc1ncnc(C2(F)CC2)c1-c1ncc2[nH]ncc2n1. The monoisotopic (exact) mass is 286 g/mol. The van der Waals surface area contributed by atoms with Crippen molar-refractivity contribution in [3.05, 3.63) is 24.4 Å². The predicted molar refractivity (Wildman–Crippen MR) is 71.3 cm³/mol. The molecule has 3 aromatic heterocycles. The van der Waals surface area contributed by atoms with Crippen molar-refractivity contribution in [1.29, 1.82) is 0 Å². The van der Waals surface area contributed by atoms with Crippen molar-refractivity contribution in [2.45, 2.75) is 18.5 Å². The molecule has 1 fully saturated rings. The van der Waals surface area contributed by atoms with Crippen LogP contribution in [0, 0.1) is 0 Å². The maximum atomic E-state index is 14.5. The van der Waals surface area contributed by atoms with E-state index in [0.29, 0.717) is 35.3 Å². The van der Waals surface area contributed by atoms with Gasteiger partial charge in [-0.1, -0.05) is 0 Å². The lowest BCUT2D eigenvalue weighted by Crippen LogP contribution is -2.08. The quantitative estimate of drug-likeness (QED) is 0.789. The summed E-state index contributed by atoms with van der Waals surface area (Å²) in [5, 5.41) is 6.67. The Bertz CT molecular complexity index is 828. The number of nitrogens with one attached hydrogen (secondary N) is 1. The van der Waals surface area contributed by atoms with E-state index in [1.165, 1.54) is 13.4 Å². The van der Waals surface area contributed by atoms with E-state index in [0.717, 1.165) is 0 Å². The van der Waals surface area contributed by atoms with Gasteiger partial charge in [0, 0.05) is 0 Å². The van der Waals surface area contributed by atoms with Crippen LogP contribution >= 0.6 is 0 Å². The predicted octanol–water partition coefficient (Wildman–Crippen LogP) is 1.78. The van der Waals surface area contributed by atoms with Crippen LogP contribution in [0.1, 0.15) is 18.5 Å². The molecule has 1 aliphatic rings. The van der Waals surface area contributed by atoms with Crippen molar-refractivity contribution >= 4 is 11.0 Å². The average Bonchev–Trinajstić information content (AvgIpc) is 3.10. The van der Waals surface area contributed by atoms with Gasteiger partial charge in [-0.3, -0.25) is 5.10 Å². The molecule has 4 rings (SSSR count). The summed E-state index contributed by atoms with van der Waals surface area (Å²) < 4.78 is 19.8. The van der Waals surface area contributed by atoms with Gasteiger partial charge in [-0.15, -0.1) is 0 Å². The third-order valence-corrected chi connectivity index (χ3v) is 3.53. The molecule has 0 unspecified atom stereocenters. The molecule has 0 atom stereocenters. The van der Waals surface area contributed by atoms with Crippen molar-refractivity contribution in [1.82, 2.24) is 30.1 Å². The normalized spacial score (nSPS) is 16.1. The molecular weight excluding hydrogens is 275 g/mol. The minimum atomic E-state index is -1.43. The maximum absolute atomic E-state index is 14.5. The van der Waals surface area contributed by atoms with Crippen LogP contribution in [0.15, 0.2) is 18.7 Å². The number of rotatable bonds is 3. The van der Waals surface area contributed by atoms with Crippen LogP contribution in [-0.2, 0) is 5.67 Å². The first kappa shape index (κ1) is 12.1. The lowest BCUT2D eigenvalue weighted by Gasteiger charge is -2.12. The Hall–Kier alpha value is -2.64. The molecule has 3 aromatic rings. The summed E-state index contributed by atoms with van der Waals surface area (Å²) in [7, 11) is 1.48. The van der Waals surface area contributed by atoms with Crippen LogP contribution in [0.2, 0.25) is 0 Å². The molecule has 0 amide bonds. The number of fused-ring (bicyclic) bond motifs is 1. The number of ether oxygens (including phenoxy) is 1. The molecular formula is C13H11FN6O. The van der Waals surface area contributed by atoms with Crippen LogP contribution in [-0.4, -0.2) is 37.2 Å². The molecule has 7 nitrogen and oxygen atoms in total. The summed E-state index contributed by atoms with van der Waals surface area (Å²) in [4.78, 5) is 16.8. The molecule has 0 bridgehead atoms. The Balaban J connectivity index is 1.97. The summed E-state index contributed by atoms with van der Waals surface area (Å²) in [5.41, 5.74) is 0.610. The highest BCUT2D eigenvalue weighted by Gasteiger charge is 2.49. The number of alkyl halides is 1. The molecule has 0 saturated heterocycles. The minimum Gasteiger partial charge on any atom is -0.480 e. The van der Waals surface area contributed by atoms with Crippen LogP contribution in [0.3, 0.4) is 0 Å². The number of aromatic amines is 1. The van der Waals surface area contributed by atoms with Crippen molar-refractivity contribution in [2.24, 2.45) is 0 Å². The number of nitrogens with zero attached hydrogens (tertiary/aromatic N) is 5. The molecule has 0 radical (unpaired) electrons. The van der Waals surface area contributed by atoms with Crippen LogP contribution in [0.25, 0.3) is 22.4 Å². The van der Waals surface area contributed by atoms with Gasteiger partial charge in [0.1, 0.15) is 22.9 Å². The summed E-state index contributed by atoms with van der Waals surface area (Å²) in [5.74, 6) is 0.604. The number of H-pyrrole nitrogens is 1. The second-order valence-electron chi connectivity index (χ2n) is 4.93. The van der Waals surface area contributed by atoms with Gasteiger partial charge >= 0.3 is 0 Å². The van der Waals surface area contributed by atoms with Crippen LogP contribution in [0.4, 0.5) is 4.39 Å². The second kappa shape index (κ2) is 4.18. The molecule has 0 aliphatic heterocycles. The van der Waals surface area contributed by atoms with Gasteiger partial charge in [-0.25, -0.2) is 24.3 Å². The number of halogens is 1. The standard InChI is InChI=1S/C13H11FN6O/c1-21-12-9(10(16-6-17-12)13(14)2-3-13)11-15-4-8-7(19-11)5-18-20-8/h4-6H,2-3H2,1H3,(H,18,20). The summed E-state index contributed by atoms with van der Waals surface area (Å²) >= 11 is 0. The van der Waals surface area contributed by atoms with E-state index in [1.54, 1.807) is 12.4 Å². The van der Waals surface area contributed by atoms with Gasteiger partial charge in [0.25, 0.3) is 0 Å². The zero-order valence-electron chi connectivity index (χ0n) is 11.2. The van der Waals surface area contributed by atoms with E-state index in [4.69, 9.17) is 4.74 Å². The highest BCUT2D eigenvalue weighted by atomic mass is 19.1. The first-order chi connectivity index (χ1) is 10.2. The zero-order valence-corrected chi connectivity index (χ0v) is 11.2. The van der Waals surface area contributed by atoms with E-state index >= 15 is 0 Å². The molecule has 8 heteroatoms. The van der Waals surface area contributed by atoms with Crippen LogP contribution in [0.5, 0.6) is 5.88 Å². The van der Waals surface area contributed by atoms with E-state index in [-0.39, 0.29) is 11.6 Å². The molecule has 3 heterocycles. The fourth-order valence-electron chi connectivity index (χ4n) is 2.27. The summed E-state index contributed by atoms with van der Waals surface area (Å²) in [6.07, 6.45) is 5.35. The first-order valence-electron chi connectivity index (χ1n) is 6.46. The highest BCUT2D eigenvalue weighted by molar-refractivity contribution is 5.76. The fourth-order valence-corrected chi connectivity index (χ4v) is 2.27. The minimum absolute atomic E-state index is 0.270. The summed E-state index contributed by atoms with van der Waals surface area (Å²) in [6, 6.07) is 0. The fraction of sp³-hybridized carbons (Fsp3) is 0.308. The summed E-state index contributed by atoms with van der Waals surface area (Å²) in [6.45, 7) is 0. The van der Waals surface area contributed by atoms with Crippen molar-refractivity contribution in [3.63, 3.8) is 0 Å². The van der Waals surface area contributed by atoms with Crippen molar-refractivity contribution in [3.8, 4) is 17.3 Å². The molecule has 0 spiro atoms. The lowest BCUT2D eigenvalue weighted by atomic mass is 10.1. The van der Waals surface area contributed by atoms with Gasteiger partial charge in [-0.05, 0) is 12.8 Å². The maximum Gasteiger partial charge on any atom is 0.227 e. The molecule has 1 N–H and O–H groups in total. The Kier molecular flexibility index (Phi) is 2.41. The molecule has 1 aliphatic carbocycles. The molecule has 0 aromatic carbocycles. The van der Waals surface area contributed by atoms with E-state index in [1.807, 2.05) is 0 Å². The number of hydrogen-bond acceptors (Lipinski definition) is 6. The molecule has 21 heavy (non-hydrogen) atoms. The van der Waals surface area contributed by atoms with E-state index in [9.17, 15) is 4.39 Å². The Morgan fingerprint density at radius 3 is 2.86 bits per heavy atom. The first-order valence-corrected chi connectivity index (χ1v) is 6.46. The van der Waals surface area contributed by atoms with Crippen molar-refractivity contribution in [2.75, 3.05) is 7.11 Å². The Morgan fingerprint density at radius 2 is 2.10 bits per heavy atom.